The fourth-order valence-electron chi connectivity index (χ4n) is 3.19. The van der Waals surface area contributed by atoms with E-state index in [2.05, 4.69) is 25.8 Å². The maximum absolute atomic E-state index is 12.5. The molecule has 6 heteroatoms. The topological polar surface area (TPSA) is 85.2 Å². The highest BCUT2D eigenvalue weighted by Crippen LogP contribution is 2.35. The summed E-state index contributed by atoms with van der Waals surface area (Å²) in [5.74, 6) is -0.519. The molecule has 3 rings (SSSR count). The van der Waals surface area contributed by atoms with E-state index in [0.717, 1.165) is 5.56 Å². The van der Waals surface area contributed by atoms with Crippen LogP contribution in [0, 0.1) is 10.1 Å². The van der Waals surface area contributed by atoms with E-state index in [-0.39, 0.29) is 23.3 Å². The van der Waals surface area contributed by atoms with Gasteiger partial charge in [0.05, 0.1) is 28.4 Å². The van der Waals surface area contributed by atoms with Crippen molar-refractivity contribution in [3.8, 4) is 22.5 Å². The summed E-state index contributed by atoms with van der Waals surface area (Å²) < 4.78 is 5.17. The maximum atomic E-state index is 12.5. The minimum Gasteiger partial charge on any atom is -0.462 e. The van der Waals surface area contributed by atoms with Gasteiger partial charge in [-0.25, -0.2) is 4.79 Å². The number of benzene rings is 2. The van der Waals surface area contributed by atoms with Crippen LogP contribution in [0.4, 0.5) is 5.69 Å². The number of carbonyl (C=O) groups excluding carboxylic acids is 1. The largest absolute Gasteiger partial charge is 0.462 e. The van der Waals surface area contributed by atoms with Crippen LogP contribution in [-0.2, 0) is 10.2 Å². The Kier molecular flexibility index (Phi) is 5.55. The molecule has 2 aromatic carbocycles. The Bertz CT molecular complexity index is 1040. The molecule has 0 saturated heterocycles. The van der Waals surface area contributed by atoms with E-state index >= 15 is 0 Å². The highest BCUT2D eigenvalue weighted by atomic mass is 16.6. The van der Waals surface area contributed by atoms with Crippen molar-refractivity contribution in [1.29, 1.82) is 0 Å². The number of H-pyrrole nitrogens is 1. The van der Waals surface area contributed by atoms with E-state index in [1.807, 2.05) is 24.3 Å². The first-order valence-electron chi connectivity index (χ1n) is 9.47. The minimum atomic E-state index is -0.519. The standard InChI is InChI=1S/C23H24N2O4/c1-5-29-22(26)18-14-19(15-10-12-16(13-11-15)23(2,3)4)24-21(18)17-8-6-7-9-20(17)25(27)28/h6-14,24H,5H2,1-4H3. The van der Waals surface area contributed by atoms with Crippen molar-refractivity contribution in [2.24, 2.45) is 0 Å². The van der Waals surface area contributed by atoms with Crippen molar-refractivity contribution in [1.82, 2.24) is 4.98 Å². The molecule has 0 fully saturated rings. The molecule has 0 atom stereocenters. The first kappa shape index (κ1) is 20.3. The van der Waals surface area contributed by atoms with Gasteiger partial charge in [0.1, 0.15) is 0 Å². The van der Waals surface area contributed by atoms with Gasteiger partial charge in [0.2, 0.25) is 0 Å². The van der Waals surface area contributed by atoms with E-state index in [9.17, 15) is 14.9 Å². The molecule has 1 aromatic heterocycles. The molecule has 3 aromatic rings. The third kappa shape index (κ3) is 4.21. The zero-order chi connectivity index (χ0) is 21.2. The second-order valence-electron chi connectivity index (χ2n) is 7.79. The molecular formula is C23H24N2O4. The van der Waals surface area contributed by atoms with Crippen molar-refractivity contribution in [3.63, 3.8) is 0 Å². The molecule has 1 heterocycles. The highest BCUT2D eigenvalue weighted by molar-refractivity contribution is 5.99. The molecule has 0 aliphatic carbocycles. The number of para-hydroxylation sites is 1. The monoisotopic (exact) mass is 392 g/mol. The lowest BCUT2D eigenvalue weighted by Crippen LogP contribution is -2.10. The molecule has 1 N–H and O–H groups in total. The van der Waals surface area contributed by atoms with Crippen molar-refractivity contribution < 1.29 is 14.5 Å². The summed E-state index contributed by atoms with van der Waals surface area (Å²) in [4.78, 5) is 26.8. The fourth-order valence-corrected chi connectivity index (χ4v) is 3.19. The normalized spacial score (nSPS) is 11.3. The lowest BCUT2D eigenvalue weighted by Gasteiger charge is -2.19. The number of nitro benzene ring substituents is 1. The number of rotatable bonds is 5. The van der Waals surface area contributed by atoms with Crippen LogP contribution in [0.2, 0.25) is 0 Å². The minimum absolute atomic E-state index is 0.0279. The first-order chi connectivity index (χ1) is 13.7. The van der Waals surface area contributed by atoms with Gasteiger partial charge in [0.25, 0.3) is 5.69 Å². The predicted molar refractivity (Wildman–Crippen MR) is 113 cm³/mol. The van der Waals surface area contributed by atoms with Gasteiger partial charge >= 0.3 is 5.97 Å². The van der Waals surface area contributed by atoms with Gasteiger partial charge < -0.3 is 9.72 Å². The molecule has 29 heavy (non-hydrogen) atoms. The predicted octanol–water partition coefficient (Wildman–Crippen LogP) is 5.73. The number of esters is 1. The molecule has 0 amide bonds. The van der Waals surface area contributed by atoms with E-state index < -0.39 is 10.9 Å². The van der Waals surface area contributed by atoms with Gasteiger partial charge in [-0.05, 0) is 35.6 Å². The summed E-state index contributed by atoms with van der Waals surface area (Å²) in [6, 6.07) is 16.1. The van der Waals surface area contributed by atoms with Gasteiger partial charge in [0.15, 0.2) is 0 Å². The van der Waals surface area contributed by atoms with Crippen LogP contribution in [0.25, 0.3) is 22.5 Å². The van der Waals surface area contributed by atoms with Crippen molar-refractivity contribution in [2.45, 2.75) is 33.1 Å². The summed E-state index contributed by atoms with van der Waals surface area (Å²) in [6.45, 7) is 8.36. The molecular weight excluding hydrogens is 368 g/mol. The van der Waals surface area contributed by atoms with Gasteiger partial charge in [-0.15, -0.1) is 0 Å². The maximum Gasteiger partial charge on any atom is 0.340 e. The molecule has 0 saturated carbocycles. The molecule has 0 unspecified atom stereocenters. The van der Waals surface area contributed by atoms with Gasteiger partial charge in [-0.2, -0.15) is 0 Å². The highest BCUT2D eigenvalue weighted by Gasteiger charge is 2.24. The molecule has 0 radical (unpaired) electrons. The third-order valence-electron chi connectivity index (χ3n) is 4.75. The lowest BCUT2D eigenvalue weighted by molar-refractivity contribution is -0.384. The van der Waals surface area contributed by atoms with Crippen LogP contribution in [0.1, 0.15) is 43.6 Å². The number of hydrogen-bond acceptors (Lipinski definition) is 4. The van der Waals surface area contributed by atoms with Crippen molar-refractivity contribution >= 4 is 11.7 Å². The number of hydrogen-bond donors (Lipinski definition) is 1. The van der Waals surface area contributed by atoms with Crippen molar-refractivity contribution in [2.75, 3.05) is 6.61 Å². The van der Waals surface area contributed by atoms with Gasteiger partial charge in [-0.3, -0.25) is 10.1 Å². The van der Waals surface area contributed by atoms with E-state index in [1.165, 1.54) is 11.6 Å². The molecule has 6 nitrogen and oxygen atoms in total. The molecule has 0 spiro atoms. The average Bonchev–Trinajstić information content (AvgIpc) is 3.13. The number of carbonyl (C=O) groups is 1. The van der Waals surface area contributed by atoms with Crippen LogP contribution in [0.5, 0.6) is 0 Å². The Morgan fingerprint density at radius 2 is 1.76 bits per heavy atom. The van der Waals surface area contributed by atoms with E-state index in [4.69, 9.17) is 4.74 Å². The quantitative estimate of drug-likeness (QED) is 0.341. The van der Waals surface area contributed by atoms with E-state index in [0.29, 0.717) is 17.0 Å². The van der Waals surface area contributed by atoms with Crippen LogP contribution in [0.3, 0.4) is 0 Å². The number of nitro groups is 1. The smallest absolute Gasteiger partial charge is 0.340 e. The summed E-state index contributed by atoms with van der Waals surface area (Å²) in [7, 11) is 0. The summed E-state index contributed by atoms with van der Waals surface area (Å²) >= 11 is 0. The number of aromatic nitrogens is 1. The van der Waals surface area contributed by atoms with Gasteiger partial charge in [-0.1, -0.05) is 57.2 Å². The van der Waals surface area contributed by atoms with Crippen LogP contribution >= 0.6 is 0 Å². The Labute approximate surface area is 169 Å². The number of ether oxygens (including phenoxy) is 1. The summed E-state index contributed by atoms with van der Waals surface area (Å²) in [5, 5.41) is 11.5. The zero-order valence-corrected chi connectivity index (χ0v) is 17.0. The van der Waals surface area contributed by atoms with Crippen LogP contribution in [0.15, 0.2) is 54.6 Å². The van der Waals surface area contributed by atoms with Crippen molar-refractivity contribution in [3.05, 3.63) is 75.8 Å². The van der Waals surface area contributed by atoms with Crippen LogP contribution in [-0.4, -0.2) is 22.5 Å². The van der Waals surface area contributed by atoms with Gasteiger partial charge in [0, 0.05) is 11.8 Å². The van der Waals surface area contributed by atoms with E-state index in [1.54, 1.807) is 31.2 Å². The second kappa shape index (κ2) is 7.91. The fraction of sp³-hybridized carbons (Fsp3) is 0.261. The summed E-state index contributed by atoms with van der Waals surface area (Å²) in [6.07, 6.45) is 0. The third-order valence-corrected chi connectivity index (χ3v) is 4.75. The molecule has 0 aliphatic heterocycles. The SMILES string of the molecule is CCOC(=O)c1cc(-c2ccc(C(C)(C)C)cc2)[nH]c1-c1ccccc1[N+](=O)[O-]. The zero-order valence-electron chi connectivity index (χ0n) is 17.0. The number of nitrogens with one attached hydrogen (secondary N) is 1. The Balaban J connectivity index is 2.14. The Morgan fingerprint density at radius 1 is 1.10 bits per heavy atom. The molecule has 150 valence electrons. The second-order valence-corrected chi connectivity index (χ2v) is 7.79. The Morgan fingerprint density at radius 3 is 2.34 bits per heavy atom. The number of aromatic amines is 1. The Hall–Kier alpha value is -3.41. The molecule has 0 aliphatic rings. The first-order valence-corrected chi connectivity index (χ1v) is 9.47. The lowest BCUT2D eigenvalue weighted by atomic mass is 9.86. The van der Waals surface area contributed by atoms with Crippen LogP contribution < -0.4 is 0 Å². The number of nitrogens with zero attached hydrogens (tertiary/aromatic N) is 1. The molecule has 0 bridgehead atoms. The summed E-state index contributed by atoms with van der Waals surface area (Å²) in [5.41, 5.74) is 3.72. The average molecular weight is 392 g/mol.